The van der Waals surface area contributed by atoms with Gasteiger partial charge in [-0.3, -0.25) is 14.7 Å². The topological polar surface area (TPSA) is 58.8 Å². The highest BCUT2D eigenvalue weighted by molar-refractivity contribution is 5.97. The van der Waals surface area contributed by atoms with E-state index in [0.717, 1.165) is 60.4 Å². The third kappa shape index (κ3) is 4.24. The van der Waals surface area contributed by atoms with Crippen molar-refractivity contribution in [2.75, 3.05) is 33.3 Å². The van der Waals surface area contributed by atoms with Gasteiger partial charge in [-0.25, -0.2) is 0 Å². The number of allylic oxidation sites excluding steroid dienone is 1. The van der Waals surface area contributed by atoms with Gasteiger partial charge in [-0.15, -0.1) is 0 Å². The Balaban J connectivity index is 1.44. The van der Waals surface area contributed by atoms with E-state index in [4.69, 9.17) is 9.15 Å². The van der Waals surface area contributed by atoms with Crippen LogP contribution in [0.2, 0.25) is 0 Å². The van der Waals surface area contributed by atoms with Gasteiger partial charge in [-0.2, -0.15) is 0 Å². The van der Waals surface area contributed by atoms with Crippen LogP contribution in [-0.4, -0.2) is 54.0 Å². The summed E-state index contributed by atoms with van der Waals surface area (Å²) in [7, 11) is 1.64. The molecule has 0 aliphatic carbocycles. The molecule has 156 valence electrons. The third-order valence-corrected chi connectivity index (χ3v) is 5.67. The summed E-state index contributed by atoms with van der Waals surface area (Å²) in [4.78, 5) is 21.3. The van der Waals surface area contributed by atoms with Crippen molar-refractivity contribution in [1.29, 1.82) is 0 Å². The van der Waals surface area contributed by atoms with Crippen LogP contribution in [0.15, 0.2) is 53.4 Å². The Kier molecular flexibility index (Phi) is 5.86. The molecular weight excluding hydrogens is 378 g/mol. The number of carbonyl (C=O) groups is 1. The predicted octanol–water partition coefficient (Wildman–Crippen LogP) is 3.89. The summed E-state index contributed by atoms with van der Waals surface area (Å²) in [5, 5.41) is 1.04. The first-order valence-electron chi connectivity index (χ1n) is 10.2. The molecular formula is C24H27N3O3. The van der Waals surface area contributed by atoms with E-state index in [0.29, 0.717) is 5.75 Å². The van der Waals surface area contributed by atoms with Crippen LogP contribution in [0.25, 0.3) is 16.5 Å². The highest BCUT2D eigenvalue weighted by Gasteiger charge is 2.21. The molecule has 6 heteroatoms. The van der Waals surface area contributed by atoms with Crippen molar-refractivity contribution in [1.82, 2.24) is 14.8 Å². The molecule has 3 heterocycles. The smallest absolute Gasteiger partial charge is 0.246 e. The quantitative estimate of drug-likeness (QED) is 0.603. The van der Waals surface area contributed by atoms with E-state index in [1.807, 2.05) is 43.1 Å². The molecule has 0 bridgehead atoms. The van der Waals surface area contributed by atoms with Crippen molar-refractivity contribution in [2.45, 2.75) is 20.4 Å². The second kappa shape index (κ2) is 8.71. The molecule has 1 fully saturated rings. The summed E-state index contributed by atoms with van der Waals surface area (Å²) >= 11 is 0. The number of fused-ring (bicyclic) bond motifs is 1. The van der Waals surface area contributed by atoms with Gasteiger partial charge in [0.05, 0.1) is 13.4 Å². The summed E-state index contributed by atoms with van der Waals surface area (Å²) in [6.45, 7) is 7.99. The molecule has 2 aromatic heterocycles. The van der Waals surface area contributed by atoms with Crippen LogP contribution in [0.4, 0.5) is 0 Å². The zero-order valence-electron chi connectivity index (χ0n) is 17.7. The van der Waals surface area contributed by atoms with Crippen LogP contribution in [0.5, 0.6) is 5.75 Å². The Hall–Kier alpha value is -3.12. The molecule has 1 aliphatic rings. The number of aryl methyl sites for hydroxylation is 1. The van der Waals surface area contributed by atoms with Crippen molar-refractivity contribution in [3.63, 3.8) is 0 Å². The number of carbonyl (C=O) groups excluding carboxylic acids is 1. The maximum absolute atomic E-state index is 12.9. The number of methoxy groups -OCH3 is 1. The van der Waals surface area contributed by atoms with Crippen molar-refractivity contribution in [3.05, 3.63) is 65.7 Å². The Morgan fingerprint density at radius 1 is 1.27 bits per heavy atom. The number of benzene rings is 1. The zero-order chi connectivity index (χ0) is 21.1. The molecule has 0 unspecified atom stereocenters. The largest absolute Gasteiger partial charge is 0.496 e. The fraction of sp³-hybridized carbons (Fsp3) is 0.333. The average molecular weight is 405 g/mol. The number of hydrogen-bond acceptors (Lipinski definition) is 5. The summed E-state index contributed by atoms with van der Waals surface area (Å²) in [6.07, 6.45) is 7.14. The fourth-order valence-corrected chi connectivity index (χ4v) is 3.89. The van der Waals surface area contributed by atoms with Gasteiger partial charge in [0.25, 0.3) is 0 Å². The van der Waals surface area contributed by atoms with Crippen molar-refractivity contribution >= 4 is 22.4 Å². The summed E-state index contributed by atoms with van der Waals surface area (Å²) in [6, 6.07) is 7.97. The molecule has 0 saturated carbocycles. The van der Waals surface area contributed by atoms with E-state index in [1.165, 1.54) is 5.56 Å². The lowest BCUT2D eigenvalue weighted by atomic mass is 10.0. The minimum atomic E-state index is 0.0413. The van der Waals surface area contributed by atoms with Gasteiger partial charge in [0.2, 0.25) is 5.91 Å². The molecule has 0 radical (unpaired) electrons. The lowest BCUT2D eigenvalue weighted by Crippen LogP contribution is -2.47. The number of pyridine rings is 1. The van der Waals surface area contributed by atoms with Crippen molar-refractivity contribution in [3.8, 4) is 5.75 Å². The molecule has 30 heavy (non-hydrogen) atoms. The van der Waals surface area contributed by atoms with E-state index in [9.17, 15) is 4.79 Å². The number of piperazine rings is 1. The summed E-state index contributed by atoms with van der Waals surface area (Å²) < 4.78 is 11.1. The lowest BCUT2D eigenvalue weighted by Gasteiger charge is -2.34. The highest BCUT2D eigenvalue weighted by atomic mass is 16.5. The highest BCUT2D eigenvalue weighted by Crippen LogP contribution is 2.33. The molecule has 4 rings (SSSR count). The molecule has 0 N–H and O–H groups in total. The van der Waals surface area contributed by atoms with E-state index >= 15 is 0 Å². The first-order chi connectivity index (χ1) is 14.5. The van der Waals surface area contributed by atoms with Crippen LogP contribution in [-0.2, 0) is 11.3 Å². The van der Waals surface area contributed by atoms with Gasteiger partial charge in [0.15, 0.2) is 0 Å². The number of hydrogen-bond donors (Lipinski definition) is 0. The Morgan fingerprint density at radius 3 is 2.77 bits per heavy atom. The Bertz CT molecular complexity index is 1060. The maximum atomic E-state index is 12.9. The first kappa shape index (κ1) is 20.2. The van der Waals surface area contributed by atoms with E-state index < -0.39 is 0 Å². The number of rotatable bonds is 5. The molecule has 1 amide bonds. The Morgan fingerprint density at radius 2 is 2.07 bits per heavy atom. The van der Waals surface area contributed by atoms with Gasteiger partial charge in [0.1, 0.15) is 11.3 Å². The van der Waals surface area contributed by atoms with Gasteiger partial charge in [-0.1, -0.05) is 6.07 Å². The number of aromatic nitrogens is 1. The van der Waals surface area contributed by atoms with Crippen LogP contribution in [0.1, 0.15) is 23.6 Å². The molecule has 3 aromatic rings. The van der Waals surface area contributed by atoms with Gasteiger partial charge in [0, 0.05) is 68.2 Å². The molecule has 1 aliphatic heterocycles. The molecule has 0 spiro atoms. The van der Waals surface area contributed by atoms with E-state index in [2.05, 4.69) is 16.0 Å². The lowest BCUT2D eigenvalue weighted by molar-refractivity contribution is -0.127. The molecule has 1 aromatic carbocycles. The molecule has 6 nitrogen and oxygen atoms in total. The van der Waals surface area contributed by atoms with Crippen LogP contribution in [0, 0.1) is 6.92 Å². The number of furan rings is 1. The number of ether oxygens (including phenoxy) is 1. The number of amides is 1. The van der Waals surface area contributed by atoms with Crippen molar-refractivity contribution in [2.24, 2.45) is 0 Å². The maximum Gasteiger partial charge on any atom is 0.246 e. The van der Waals surface area contributed by atoms with Gasteiger partial charge < -0.3 is 14.1 Å². The summed E-state index contributed by atoms with van der Waals surface area (Å²) in [5.74, 6) is 0.749. The van der Waals surface area contributed by atoms with Crippen LogP contribution in [0.3, 0.4) is 0 Å². The normalized spacial score (nSPS) is 15.6. The van der Waals surface area contributed by atoms with Crippen molar-refractivity contribution < 1.29 is 13.9 Å². The predicted molar refractivity (Wildman–Crippen MR) is 117 cm³/mol. The van der Waals surface area contributed by atoms with Gasteiger partial charge >= 0.3 is 0 Å². The minimum Gasteiger partial charge on any atom is -0.496 e. The second-order valence-electron chi connectivity index (χ2n) is 7.76. The van der Waals surface area contributed by atoms with Gasteiger partial charge in [-0.05, 0) is 42.7 Å². The number of nitrogens with zero attached hydrogens (tertiary/aromatic N) is 3. The van der Waals surface area contributed by atoms with Crippen LogP contribution < -0.4 is 4.74 Å². The standard InChI is InChI=1S/C24H27N3O3/c1-17(20-12-21-18(2)16-30-23(21)13-22(20)29-3)11-24(28)27-9-7-26(8-10-27)15-19-5-4-6-25-14-19/h4-6,11-14,16H,7-10,15H2,1-3H3/b17-11+. The monoisotopic (exact) mass is 405 g/mol. The molecule has 0 atom stereocenters. The Labute approximate surface area is 176 Å². The average Bonchev–Trinajstić information content (AvgIpc) is 3.13. The van der Waals surface area contributed by atoms with Crippen LogP contribution >= 0.6 is 0 Å². The fourth-order valence-electron chi connectivity index (χ4n) is 3.89. The van der Waals surface area contributed by atoms with E-state index in [1.54, 1.807) is 25.6 Å². The molecule has 1 saturated heterocycles. The second-order valence-corrected chi connectivity index (χ2v) is 7.76. The first-order valence-corrected chi connectivity index (χ1v) is 10.2. The SMILES string of the molecule is COc1cc2occ(C)c2cc1/C(C)=C/C(=O)N1CCN(Cc2cccnc2)CC1. The zero-order valence-corrected chi connectivity index (χ0v) is 17.7. The third-order valence-electron chi connectivity index (χ3n) is 5.67. The summed E-state index contributed by atoms with van der Waals surface area (Å²) in [5.41, 5.74) is 4.86. The minimum absolute atomic E-state index is 0.0413. The van der Waals surface area contributed by atoms with E-state index in [-0.39, 0.29) is 5.91 Å².